The third-order valence-electron chi connectivity index (χ3n) is 3.97. The molecule has 0 atom stereocenters. The van der Waals surface area contributed by atoms with Crippen molar-refractivity contribution >= 4 is 0 Å². The number of nitrogens with one attached hydrogen (secondary N) is 1. The summed E-state index contributed by atoms with van der Waals surface area (Å²) in [6.07, 6.45) is 5.55. The van der Waals surface area contributed by atoms with Crippen LogP contribution in [-0.2, 0) is 13.1 Å². The Balaban J connectivity index is 1.56. The molecule has 1 heterocycles. The fourth-order valence-corrected chi connectivity index (χ4v) is 2.46. The van der Waals surface area contributed by atoms with Crippen molar-refractivity contribution < 1.29 is 0 Å². The Labute approximate surface area is 131 Å². The fourth-order valence-electron chi connectivity index (χ4n) is 2.46. The van der Waals surface area contributed by atoms with Crippen LogP contribution in [0.1, 0.15) is 22.3 Å². The first kappa shape index (κ1) is 14.5. The first-order valence-corrected chi connectivity index (χ1v) is 7.56. The van der Waals surface area contributed by atoms with Gasteiger partial charge in [0, 0.05) is 31.2 Å². The van der Waals surface area contributed by atoms with Crippen molar-refractivity contribution in [2.75, 3.05) is 0 Å². The lowest BCUT2D eigenvalue weighted by Gasteiger charge is -2.08. The first-order valence-electron chi connectivity index (χ1n) is 7.56. The zero-order valence-electron chi connectivity index (χ0n) is 13.1. The predicted molar refractivity (Wildman–Crippen MR) is 90.0 cm³/mol. The molecule has 0 aliphatic heterocycles. The molecule has 0 saturated heterocycles. The van der Waals surface area contributed by atoms with E-state index in [1.165, 1.54) is 22.3 Å². The summed E-state index contributed by atoms with van der Waals surface area (Å²) >= 11 is 0. The molecule has 0 radical (unpaired) electrons. The van der Waals surface area contributed by atoms with Gasteiger partial charge in [0.2, 0.25) is 0 Å². The Hall–Kier alpha value is -2.39. The van der Waals surface area contributed by atoms with Gasteiger partial charge in [0.15, 0.2) is 0 Å². The van der Waals surface area contributed by atoms with Gasteiger partial charge in [-0.3, -0.25) is 0 Å². The first-order chi connectivity index (χ1) is 10.7. The van der Waals surface area contributed by atoms with Crippen LogP contribution < -0.4 is 5.32 Å². The summed E-state index contributed by atoms with van der Waals surface area (Å²) in [5.74, 6) is 0. The molecule has 22 heavy (non-hydrogen) atoms. The molecule has 3 nitrogen and oxygen atoms in total. The second-order valence-corrected chi connectivity index (χ2v) is 5.66. The number of nitrogens with zero attached hydrogens (tertiary/aromatic N) is 2. The minimum atomic E-state index is 0.872. The molecule has 0 bridgehead atoms. The highest BCUT2D eigenvalue weighted by atomic mass is 15.0. The van der Waals surface area contributed by atoms with Crippen LogP contribution in [0.3, 0.4) is 0 Å². The lowest BCUT2D eigenvalue weighted by Crippen LogP contribution is -2.12. The Morgan fingerprint density at radius 3 is 2.32 bits per heavy atom. The van der Waals surface area contributed by atoms with E-state index in [2.05, 4.69) is 66.6 Å². The van der Waals surface area contributed by atoms with Crippen LogP contribution >= 0.6 is 0 Å². The van der Waals surface area contributed by atoms with E-state index in [-0.39, 0.29) is 0 Å². The van der Waals surface area contributed by atoms with E-state index >= 15 is 0 Å². The lowest BCUT2D eigenvalue weighted by molar-refractivity contribution is 0.692. The van der Waals surface area contributed by atoms with E-state index in [9.17, 15) is 0 Å². The minimum Gasteiger partial charge on any atom is -0.309 e. The molecule has 112 valence electrons. The zero-order valence-corrected chi connectivity index (χ0v) is 13.1. The van der Waals surface area contributed by atoms with Crippen molar-refractivity contribution in [2.24, 2.45) is 0 Å². The van der Waals surface area contributed by atoms with Crippen LogP contribution in [0.25, 0.3) is 5.69 Å². The number of aromatic nitrogens is 2. The maximum atomic E-state index is 4.07. The van der Waals surface area contributed by atoms with Crippen LogP contribution in [0, 0.1) is 13.8 Å². The number of hydrogen-bond acceptors (Lipinski definition) is 2. The van der Waals surface area contributed by atoms with E-state index in [1.807, 2.05) is 17.1 Å². The molecule has 0 saturated carbocycles. The molecule has 3 rings (SSSR count). The largest absolute Gasteiger partial charge is 0.309 e. The van der Waals surface area contributed by atoms with Crippen LogP contribution in [0.5, 0.6) is 0 Å². The smallest absolute Gasteiger partial charge is 0.0991 e. The van der Waals surface area contributed by atoms with E-state index < -0.39 is 0 Å². The van der Waals surface area contributed by atoms with Gasteiger partial charge in [-0.05, 0) is 48.2 Å². The Morgan fingerprint density at radius 2 is 1.64 bits per heavy atom. The van der Waals surface area contributed by atoms with Crippen molar-refractivity contribution in [1.82, 2.24) is 14.9 Å². The summed E-state index contributed by atoms with van der Waals surface area (Å²) in [6, 6.07) is 15.2. The highest BCUT2D eigenvalue weighted by molar-refractivity contribution is 5.34. The number of benzene rings is 2. The van der Waals surface area contributed by atoms with Crippen LogP contribution in [-0.4, -0.2) is 9.55 Å². The number of hydrogen-bond donors (Lipinski definition) is 1. The maximum absolute atomic E-state index is 4.07. The van der Waals surface area contributed by atoms with Gasteiger partial charge < -0.3 is 9.88 Å². The maximum Gasteiger partial charge on any atom is 0.0991 e. The van der Waals surface area contributed by atoms with Crippen molar-refractivity contribution in [3.63, 3.8) is 0 Å². The molecule has 1 N–H and O–H groups in total. The molecule has 0 unspecified atom stereocenters. The topological polar surface area (TPSA) is 29.9 Å². The van der Waals surface area contributed by atoms with Crippen LogP contribution in [0.2, 0.25) is 0 Å². The summed E-state index contributed by atoms with van der Waals surface area (Å²) in [4.78, 5) is 4.07. The summed E-state index contributed by atoms with van der Waals surface area (Å²) in [6.45, 7) is 6.07. The Morgan fingerprint density at radius 1 is 0.909 bits per heavy atom. The van der Waals surface area contributed by atoms with Gasteiger partial charge in [0.05, 0.1) is 6.33 Å². The van der Waals surface area contributed by atoms with Crippen molar-refractivity contribution in [2.45, 2.75) is 26.9 Å². The molecule has 2 aromatic carbocycles. The molecule has 0 aliphatic carbocycles. The molecule has 3 aromatic rings. The van der Waals surface area contributed by atoms with E-state index in [4.69, 9.17) is 0 Å². The number of rotatable bonds is 5. The molecule has 1 aromatic heterocycles. The summed E-state index contributed by atoms with van der Waals surface area (Å²) in [5, 5.41) is 3.50. The number of aryl methyl sites for hydroxylation is 2. The monoisotopic (exact) mass is 291 g/mol. The summed E-state index contributed by atoms with van der Waals surface area (Å²) in [7, 11) is 0. The predicted octanol–water partition coefficient (Wildman–Crippen LogP) is 3.78. The third-order valence-corrected chi connectivity index (χ3v) is 3.97. The van der Waals surface area contributed by atoms with E-state index in [0.29, 0.717) is 0 Å². The molecule has 0 spiro atoms. The molecule has 3 heteroatoms. The highest BCUT2D eigenvalue weighted by Crippen LogP contribution is 2.11. The molecule has 0 fully saturated rings. The van der Waals surface area contributed by atoms with Crippen molar-refractivity contribution in [3.8, 4) is 5.69 Å². The third kappa shape index (κ3) is 3.43. The number of imidazole rings is 1. The van der Waals surface area contributed by atoms with Gasteiger partial charge in [-0.1, -0.05) is 30.3 Å². The van der Waals surface area contributed by atoms with Crippen LogP contribution in [0.15, 0.2) is 61.2 Å². The second-order valence-electron chi connectivity index (χ2n) is 5.66. The van der Waals surface area contributed by atoms with Gasteiger partial charge in [-0.25, -0.2) is 4.98 Å². The van der Waals surface area contributed by atoms with E-state index in [1.54, 1.807) is 6.20 Å². The Kier molecular flexibility index (Phi) is 4.35. The van der Waals surface area contributed by atoms with Crippen LogP contribution in [0.4, 0.5) is 0 Å². The molecule has 0 aliphatic rings. The van der Waals surface area contributed by atoms with Gasteiger partial charge >= 0.3 is 0 Å². The average molecular weight is 291 g/mol. The normalized spacial score (nSPS) is 10.8. The summed E-state index contributed by atoms with van der Waals surface area (Å²) < 4.78 is 2.01. The summed E-state index contributed by atoms with van der Waals surface area (Å²) in [5.41, 5.74) is 6.45. The SMILES string of the molecule is Cc1ccc(CNCc2ccc(-n3ccnc3)cc2)cc1C. The zero-order chi connectivity index (χ0) is 15.4. The highest BCUT2D eigenvalue weighted by Gasteiger charge is 1.99. The minimum absolute atomic E-state index is 0.872. The van der Waals surface area contributed by atoms with Crippen molar-refractivity contribution in [1.29, 1.82) is 0 Å². The average Bonchev–Trinajstić information content (AvgIpc) is 3.06. The molecular formula is C19H21N3. The van der Waals surface area contributed by atoms with Gasteiger partial charge in [0.25, 0.3) is 0 Å². The van der Waals surface area contributed by atoms with E-state index in [0.717, 1.165) is 18.8 Å². The molecule has 0 amide bonds. The van der Waals surface area contributed by atoms with Gasteiger partial charge in [-0.2, -0.15) is 0 Å². The Bertz CT molecular complexity index is 728. The molecular weight excluding hydrogens is 270 g/mol. The second kappa shape index (κ2) is 6.58. The van der Waals surface area contributed by atoms with Gasteiger partial charge in [-0.15, -0.1) is 0 Å². The standard InChI is InChI=1S/C19H21N3/c1-15-3-4-18(11-16(15)2)13-21-12-17-5-7-19(8-6-17)22-10-9-20-14-22/h3-11,14,21H,12-13H2,1-2H3. The van der Waals surface area contributed by atoms with Gasteiger partial charge in [0.1, 0.15) is 0 Å². The lowest BCUT2D eigenvalue weighted by atomic mass is 10.1. The quantitative estimate of drug-likeness (QED) is 0.775. The fraction of sp³-hybridized carbons (Fsp3) is 0.211. The van der Waals surface area contributed by atoms with Crippen molar-refractivity contribution in [3.05, 3.63) is 83.4 Å².